The third kappa shape index (κ3) is 4.31. The first-order chi connectivity index (χ1) is 11.1. The van der Waals surface area contributed by atoms with Gasteiger partial charge in [-0.2, -0.15) is 0 Å². The topological polar surface area (TPSA) is 78.5 Å². The first-order valence-electron chi connectivity index (χ1n) is 8.03. The molecule has 2 fully saturated rings. The van der Waals surface area contributed by atoms with Crippen molar-refractivity contribution < 1.29 is 14.4 Å². The molecule has 3 amide bonds. The number of likely N-dealkylation sites (tertiary alicyclic amines) is 1. The van der Waals surface area contributed by atoms with Crippen molar-refractivity contribution in [1.82, 2.24) is 15.5 Å². The molecule has 1 aliphatic heterocycles. The van der Waals surface area contributed by atoms with Crippen LogP contribution in [-0.2, 0) is 9.59 Å². The van der Waals surface area contributed by atoms with Gasteiger partial charge < -0.3 is 15.5 Å². The molecule has 0 unspecified atom stereocenters. The second kappa shape index (κ2) is 7.12. The molecule has 1 aromatic rings. The van der Waals surface area contributed by atoms with Crippen LogP contribution >= 0.6 is 11.3 Å². The van der Waals surface area contributed by atoms with E-state index in [1.54, 1.807) is 4.90 Å². The Bertz CT molecular complexity index is 575. The quantitative estimate of drug-likeness (QED) is 0.842. The second-order valence-corrected chi connectivity index (χ2v) is 7.05. The van der Waals surface area contributed by atoms with E-state index in [0.717, 1.165) is 17.7 Å². The highest BCUT2D eigenvalue weighted by Crippen LogP contribution is 2.21. The molecule has 6 nitrogen and oxygen atoms in total. The van der Waals surface area contributed by atoms with Crippen LogP contribution in [0.4, 0.5) is 0 Å². The molecule has 0 bridgehead atoms. The molecule has 1 saturated heterocycles. The number of rotatable bonds is 5. The van der Waals surface area contributed by atoms with Crippen LogP contribution in [0, 0.1) is 5.92 Å². The highest BCUT2D eigenvalue weighted by molar-refractivity contribution is 7.12. The molecule has 0 atom stereocenters. The number of amides is 3. The van der Waals surface area contributed by atoms with E-state index in [0.29, 0.717) is 32.0 Å². The molecule has 1 aromatic heterocycles. The minimum absolute atomic E-state index is 0.0441. The third-order valence-electron chi connectivity index (χ3n) is 4.25. The number of hydrogen-bond acceptors (Lipinski definition) is 4. The minimum atomic E-state index is -0.119. The summed E-state index contributed by atoms with van der Waals surface area (Å²) in [5.41, 5.74) is 0. The Morgan fingerprint density at radius 1 is 1.17 bits per heavy atom. The maximum Gasteiger partial charge on any atom is 0.263 e. The number of piperidine rings is 1. The van der Waals surface area contributed by atoms with Crippen molar-refractivity contribution >= 4 is 29.1 Å². The summed E-state index contributed by atoms with van der Waals surface area (Å²) in [5, 5.41) is 7.44. The Morgan fingerprint density at radius 2 is 1.91 bits per heavy atom. The first kappa shape index (κ1) is 16.0. The maximum absolute atomic E-state index is 12.2. The lowest BCUT2D eigenvalue weighted by Crippen LogP contribution is -2.45. The van der Waals surface area contributed by atoms with Crippen molar-refractivity contribution in [3.8, 4) is 0 Å². The Morgan fingerprint density at radius 3 is 2.52 bits per heavy atom. The summed E-state index contributed by atoms with van der Waals surface area (Å²) in [6.07, 6.45) is 3.37. The van der Waals surface area contributed by atoms with E-state index in [4.69, 9.17) is 0 Å². The zero-order valence-electron chi connectivity index (χ0n) is 12.9. The van der Waals surface area contributed by atoms with Gasteiger partial charge in [0.2, 0.25) is 11.8 Å². The smallest absolute Gasteiger partial charge is 0.263 e. The van der Waals surface area contributed by atoms with E-state index in [1.165, 1.54) is 11.3 Å². The molecular weight excluding hydrogens is 314 g/mol. The van der Waals surface area contributed by atoms with Crippen LogP contribution in [0.2, 0.25) is 0 Å². The Labute approximate surface area is 139 Å². The molecule has 1 saturated carbocycles. The average molecular weight is 335 g/mol. The molecule has 0 aromatic carbocycles. The number of nitrogens with one attached hydrogen (secondary N) is 2. The van der Waals surface area contributed by atoms with Gasteiger partial charge in [-0.3, -0.25) is 14.4 Å². The van der Waals surface area contributed by atoms with E-state index >= 15 is 0 Å². The molecule has 7 heteroatoms. The Kier molecular flexibility index (Phi) is 4.95. The van der Waals surface area contributed by atoms with Crippen molar-refractivity contribution in [2.24, 2.45) is 5.92 Å². The second-order valence-electron chi connectivity index (χ2n) is 6.10. The minimum Gasteiger partial charge on any atom is -0.352 e. The molecule has 3 rings (SSSR count). The summed E-state index contributed by atoms with van der Waals surface area (Å²) in [4.78, 5) is 38.5. The SMILES string of the molecule is O=C(CNC(=O)C1CCN(C(=O)c2cccs2)CC1)NC1CC1. The van der Waals surface area contributed by atoms with Crippen LogP contribution < -0.4 is 10.6 Å². The van der Waals surface area contributed by atoms with Crippen LogP contribution in [0.1, 0.15) is 35.4 Å². The summed E-state index contributed by atoms with van der Waals surface area (Å²) in [6.45, 7) is 1.22. The van der Waals surface area contributed by atoms with E-state index in [2.05, 4.69) is 10.6 Å². The number of carbonyl (C=O) groups excluding carboxylic acids is 3. The normalized spacial score (nSPS) is 18.5. The van der Waals surface area contributed by atoms with Crippen LogP contribution in [0.5, 0.6) is 0 Å². The van der Waals surface area contributed by atoms with Crippen molar-refractivity contribution in [2.75, 3.05) is 19.6 Å². The van der Waals surface area contributed by atoms with Crippen LogP contribution in [0.3, 0.4) is 0 Å². The van der Waals surface area contributed by atoms with Crippen LogP contribution in [0.15, 0.2) is 17.5 Å². The summed E-state index contributed by atoms with van der Waals surface area (Å²) in [5.74, 6) is -0.274. The Balaban J connectivity index is 1.40. The van der Waals surface area contributed by atoms with Crippen molar-refractivity contribution in [3.05, 3.63) is 22.4 Å². The maximum atomic E-state index is 12.2. The molecule has 124 valence electrons. The van der Waals surface area contributed by atoms with Gasteiger partial charge >= 0.3 is 0 Å². The van der Waals surface area contributed by atoms with E-state index in [-0.39, 0.29) is 30.2 Å². The van der Waals surface area contributed by atoms with Gasteiger partial charge in [-0.15, -0.1) is 11.3 Å². The van der Waals surface area contributed by atoms with Gasteiger partial charge in [0.25, 0.3) is 5.91 Å². The predicted octanol–water partition coefficient (Wildman–Crippen LogP) is 0.995. The summed E-state index contributed by atoms with van der Waals surface area (Å²) in [7, 11) is 0. The van der Waals surface area contributed by atoms with Gasteiger partial charge in [-0.1, -0.05) is 6.07 Å². The molecular formula is C16H21N3O3S. The highest BCUT2D eigenvalue weighted by Gasteiger charge is 2.28. The monoisotopic (exact) mass is 335 g/mol. The lowest BCUT2D eigenvalue weighted by molar-refractivity contribution is -0.129. The molecule has 1 aliphatic carbocycles. The Hall–Kier alpha value is -1.89. The summed E-state index contributed by atoms with van der Waals surface area (Å²) >= 11 is 1.44. The van der Waals surface area contributed by atoms with Gasteiger partial charge in [0.1, 0.15) is 0 Å². The highest BCUT2D eigenvalue weighted by atomic mass is 32.1. The van der Waals surface area contributed by atoms with Gasteiger partial charge in [0, 0.05) is 25.0 Å². The van der Waals surface area contributed by atoms with Crippen molar-refractivity contribution in [2.45, 2.75) is 31.7 Å². The standard InChI is InChI=1S/C16H21N3O3S/c20-14(18-12-3-4-12)10-17-15(21)11-5-7-19(8-6-11)16(22)13-2-1-9-23-13/h1-2,9,11-12H,3-8,10H2,(H,17,21)(H,18,20). The van der Waals surface area contributed by atoms with Gasteiger partial charge in [-0.25, -0.2) is 0 Å². The van der Waals surface area contributed by atoms with Crippen molar-refractivity contribution in [3.63, 3.8) is 0 Å². The summed E-state index contributed by atoms with van der Waals surface area (Å²) in [6, 6.07) is 4.00. The predicted molar refractivity (Wildman–Crippen MR) is 87.1 cm³/mol. The van der Waals surface area contributed by atoms with Crippen LogP contribution in [-0.4, -0.2) is 48.3 Å². The molecule has 23 heavy (non-hydrogen) atoms. The van der Waals surface area contributed by atoms with E-state index in [1.807, 2.05) is 17.5 Å². The number of thiophene rings is 1. The van der Waals surface area contributed by atoms with Crippen molar-refractivity contribution in [1.29, 1.82) is 0 Å². The molecule has 2 aliphatic rings. The largest absolute Gasteiger partial charge is 0.352 e. The third-order valence-corrected chi connectivity index (χ3v) is 5.11. The average Bonchev–Trinajstić information content (AvgIpc) is 3.21. The fourth-order valence-electron chi connectivity index (χ4n) is 2.72. The molecule has 2 N–H and O–H groups in total. The van der Waals surface area contributed by atoms with E-state index in [9.17, 15) is 14.4 Å². The number of nitrogens with zero attached hydrogens (tertiary/aromatic N) is 1. The van der Waals surface area contributed by atoms with Gasteiger partial charge in [-0.05, 0) is 37.1 Å². The first-order valence-corrected chi connectivity index (χ1v) is 8.91. The van der Waals surface area contributed by atoms with E-state index < -0.39 is 0 Å². The van der Waals surface area contributed by atoms with Gasteiger partial charge in [0.15, 0.2) is 0 Å². The fraction of sp³-hybridized carbons (Fsp3) is 0.562. The lowest BCUT2D eigenvalue weighted by Gasteiger charge is -2.31. The number of carbonyl (C=O) groups is 3. The van der Waals surface area contributed by atoms with Gasteiger partial charge in [0.05, 0.1) is 11.4 Å². The van der Waals surface area contributed by atoms with Crippen LogP contribution in [0.25, 0.3) is 0 Å². The zero-order valence-corrected chi connectivity index (χ0v) is 13.7. The lowest BCUT2D eigenvalue weighted by atomic mass is 9.96. The zero-order chi connectivity index (χ0) is 16.2. The molecule has 0 radical (unpaired) electrons. The summed E-state index contributed by atoms with van der Waals surface area (Å²) < 4.78 is 0. The molecule has 2 heterocycles. The number of hydrogen-bond donors (Lipinski definition) is 2. The fourth-order valence-corrected chi connectivity index (χ4v) is 3.41. The molecule has 0 spiro atoms.